The Morgan fingerprint density at radius 3 is 2.00 bits per heavy atom. The molecule has 88 valence electrons. The number of hydrogen-bond acceptors (Lipinski definition) is 4. The lowest BCUT2D eigenvalue weighted by molar-refractivity contribution is 0.373. The van der Waals surface area contributed by atoms with Crippen molar-refractivity contribution >= 4 is 0 Å². The molecule has 2 aromatic rings. The van der Waals surface area contributed by atoms with Crippen LogP contribution in [0.1, 0.15) is 0 Å². The Balaban J connectivity index is 2.67. The van der Waals surface area contributed by atoms with Crippen LogP contribution in [0.4, 0.5) is 4.39 Å². The molecule has 0 aliphatic rings. The monoisotopic (exact) mass is 236 g/mol. The fraction of sp³-hybridized carbons (Fsp3) is 0. The zero-order chi connectivity index (χ0) is 12.6. The van der Waals surface area contributed by atoms with Crippen molar-refractivity contribution in [3.8, 4) is 34.1 Å². The van der Waals surface area contributed by atoms with E-state index in [1.807, 2.05) is 0 Å². The van der Waals surface area contributed by atoms with Crippen molar-refractivity contribution in [3.05, 3.63) is 36.1 Å². The molecule has 0 fully saturated rings. The van der Waals surface area contributed by atoms with Crippen LogP contribution >= 0.6 is 0 Å². The maximum atomic E-state index is 13.0. The van der Waals surface area contributed by atoms with E-state index in [0.717, 1.165) is 0 Å². The molecule has 0 aliphatic heterocycles. The highest BCUT2D eigenvalue weighted by molar-refractivity contribution is 5.79. The lowest BCUT2D eigenvalue weighted by Gasteiger charge is -2.09. The van der Waals surface area contributed by atoms with Gasteiger partial charge in [-0.3, -0.25) is 0 Å². The third-order valence-electron chi connectivity index (χ3n) is 2.36. The van der Waals surface area contributed by atoms with Gasteiger partial charge in [0, 0.05) is 6.07 Å². The van der Waals surface area contributed by atoms with E-state index in [4.69, 9.17) is 5.11 Å². The number of hydrogen-bond donors (Lipinski definition) is 4. The highest BCUT2D eigenvalue weighted by Crippen LogP contribution is 2.44. The van der Waals surface area contributed by atoms with E-state index in [1.165, 1.54) is 24.3 Å². The minimum atomic E-state index is -1.11. The molecule has 0 radical (unpaired) electrons. The van der Waals surface area contributed by atoms with Crippen LogP contribution in [0, 0.1) is 5.82 Å². The average Bonchev–Trinajstić information content (AvgIpc) is 2.29. The van der Waals surface area contributed by atoms with Gasteiger partial charge in [-0.25, -0.2) is 4.39 Å². The Hall–Kier alpha value is -2.43. The van der Waals surface area contributed by atoms with Crippen molar-refractivity contribution < 1.29 is 24.8 Å². The number of aromatic hydroxyl groups is 4. The average molecular weight is 236 g/mol. The summed E-state index contributed by atoms with van der Waals surface area (Å²) in [6.45, 7) is 0. The second-order valence-electron chi connectivity index (χ2n) is 3.50. The van der Waals surface area contributed by atoms with Crippen LogP contribution in [0.2, 0.25) is 0 Å². The first-order valence-corrected chi connectivity index (χ1v) is 4.73. The van der Waals surface area contributed by atoms with Crippen LogP contribution in [0.15, 0.2) is 30.3 Å². The van der Waals surface area contributed by atoms with Crippen LogP contribution < -0.4 is 0 Å². The topological polar surface area (TPSA) is 80.9 Å². The molecule has 0 spiro atoms. The van der Waals surface area contributed by atoms with E-state index in [2.05, 4.69) is 0 Å². The third kappa shape index (κ3) is 1.82. The summed E-state index contributed by atoms with van der Waals surface area (Å²) in [5.41, 5.74) is 0.247. The van der Waals surface area contributed by atoms with Crippen molar-refractivity contribution in [1.82, 2.24) is 0 Å². The van der Waals surface area contributed by atoms with Crippen LogP contribution in [-0.2, 0) is 0 Å². The van der Waals surface area contributed by atoms with Crippen molar-refractivity contribution in [2.45, 2.75) is 0 Å². The third-order valence-corrected chi connectivity index (χ3v) is 2.36. The van der Waals surface area contributed by atoms with E-state index < -0.39 is 23.1 Å². The van der Waals surface area contributed by atoms with E-state index in [0.29, 0.717) is 11.6 Å². The molecule has 2 aromatic carbocycles. The normalized spacial score (nSPS) is 10.4. The van der Waals surface area contributed by atoms with E-state index in [9.17, 15) is 19.7 Å². The Bertz CT molecular complexity index is 564. The van der Waals surface area contributed by atoms with E-state index in [1.54, 1.807) is 0 Å². The molecule has 2 rings (SSSR count). The summed E-state index contributed by atoms with van der Waals surface area (Å²) < 4.78 is 13.0. The number of halogens is 1. The zero-order valence-corrected chi connectivity index (χ0v) is 8.55. The highest BCUT2D eigenvalue weighted by Gasteiger charge is 2.18. The first-order valence-electron chi connectivity index (χ1n) is 4.73. The molecule has 0 saturated carbocycles. The fourth-order valence-electron chi connectivity index (χ4n) is 1.53. The fourth-order valence-corrected chi connectivity index (χ4v) is 1.53. The van der Waals surface area contributed by atoms with Crippen LogP contribution in [0.3, 0.4) is 0 Å². The number of phenolic OH excluding ortho intramolecular Hbond substituents is 4. The van der Waals surface area contributed by atoms with Gasteiger partial charge in [-0.15, -0.1) is 0 Å². The first kappa shape index (κ1) is 11.1. The minimum Gasteiger partial charge on any atom is -0.508 e. The molecule has 0 saturated heterocycles. The van der Waals surface area contributed by atoms with Crippen molar-refractivity contribution in [3.63, 3.8) is 0 Å². The molecule has 0 amide bonds. The van der Waals surface area contributed by atoms with Crippen molar-refractivity contribution in [1.29, 1.82) is 0 Å². The van der Waals surface area contributed by atoms with Crippen LogP contribution in [0.25, 0.3) is 11.1 Å². The number of benzene rings is 2. The van der Waals surface area contributed by atoms with Gasteiger partial charge >= 0.3 is 0 Å². The molecule has 0 bridgehead atoms. The first-order chi connectivity index (χ1) is 8.00. The molecular formula is C12H9FO4. The molecule has 5 heteroatoms. The van der Waals surface area contributed by atoms with Crippen molar-refractivity contribution in [2.75, 3.05) is 0 Å². The lowest BCUT2D eigenvalue weighted by atomic mass is 10.0. The molecule has 0 aliphatic carbocycles. The largest absolute Gasteiger partial charge is 0.508 e. The molecule has 0 unspecified atom stereocenters. The second-order valence-corrected chi connectivity index (χ2v) is 3.50. The molecule has 0 aromatic heterocycles. The van der Waals surface area contributed by atoms with Gasteiger partial charge in [-0.1, -0.05) is 12.1 Å². The maximum absolute atomic E-state index is 13.0. The van der Waals surface area contributed by atoms with Gasteiger partial charge in [0.2, 0.25) is 0 Å². The van der Waals surface area contributed by atoms with Gasteiger partial charge in [-0.05, 0) is 17.7 Å². The predicted octanol–water partition coefficient (Wildman–Crippen LogP) is 2.32. The van der Waals surface area contributed by atoms with Gasteiger partial charge in [0.25, 0.3) is 0 Å². The Labute approximate surface area is 95.8 Å². The second kappa shape index (κ2) is 3.86. The van der Waals surface area contributed by atoms with Gasteiger partial charge in [0.1, 0.15) is 11.5 Å². The summed E-state index contributed by atoms with van der Waals surface area (Å²) in [4.78, 5) is 0. The molecule has 4 nitrogen and oxygen atoms in total. The van der Waals surface area contributed by atoms with Crippen LogP contribution in [0.5, 0.6) is 23.0 Å². The van der Waals surface area contributed by atoms with Gasteiger partial charge in [0.05, 0.1) is 5.56 Å². The van der Waals surface area contributed by atoms with Gasteiger partial charge < -0.3 is 20.4 Å². The SMILES string of the molecule is Oc1ccc(-c2c(O)cc(F)c(O)c2O)cc1. The summed E-state index contributed by atoms with van der Waals surface area (Å²) in [7, 11) is 0. The van der Waals surface area contributed by atoms with Gasteiger partial charge in [0.15, 0.2) is 17.3 Å². The minimum absolute atomic E-state index is 0.0130. The Kier molecular flexibility index (Phi) is 2.51. The zero-order valence-electron chi connectivity index (χ0n) is 8.55. The van der Waals surface area contributed by atoms with E-state index in [-0.39, 0.29) is 11.3 Å². The number of rotatable bonds is 1. The van der Waals surface area contributed by atoms with Crippen molar-refractivity contribution in [2.24, 2.45) is 0 Å². The summed E-state index contributed by atoms with van der Waals surface area (Å²) in [5.74, 6) is -3.26. The van der Waals surface area contributed by atoms with E-state index >= 15 is 0 Å². The molecule has 0 atom stereocenters. The quantitative estimate of drug-likeness (QED) is 0.452. The summed E-state index contributed by atoms with van der Waals surface area (Å²) in [5, 5.41) is 37.5. The summed E-state index contributed by atoms with van der Waals surface area (Å²) >= 11 is 0. The summed E-state index contributed by atoms with van der Waals surface area (Å²) in [6.07, 6.45) is 0. The van der Waals surface area contributed by atoms with Gasteiger partial charge in [-0.2, -0.15) is 0 Å². The Morgan fingerprint density at radius 1 is 0.824 bits per heavy atom. The Morgan fingerprint density at radius 2 is 1.41 bits per heavy atom. The smallest absolute Gasteiger partial charge is 0.194 e. The molecule has 4 N–H and O–H groups in total. The molecular weight excluding hydrogens is 227 g/mol. The van der Waals surface area contributed by atoms with Crippen LogP contribution in [-0.4, -0.2) is 20.4 Å². The lowest BCUT2D eigenvalue weighted by Crippen LogP contribution is -1.85. The standard InChI is InChI=1S/C12H9FO4/c13-8-5-9(15)10(12(17)11(8)16)6-1-3-7(14)4-2-6/h1-5,14-17H. The predicted molar refractivity (Wildman–Crippen MR) is 58.5 cm³/mol. The number of phenols is 4. The summed E-state index contributed by atoms with van der Waals surface area (Å²) in [6, 6.07) is 6.23. The maximum Gasteiger partial charge on any atom is 0.194 e. The molecule has 17 heavy (non-hydrogen) atoms. The highest BCUT2D eigenvalue weighted by atomic mass is 19.1. The molecule has 0 heterocycles.